The van der Waals surface area contributed by atoms with Crippen LogP contribution in [0.2, 0.25) is 5.02 Å². The van der Waals surface area contributed by atoms with Crippen LogP contribution in [0.25, 0.3) is 0 Å². The highest BCUT2D eigenvalue weighted by molar-refractivity contribution is 6.30. The van der Waals surface area contributed by atoms with Crippen molar-refractivity contribution in [2.24, 2.45) is 11.7 Å². The molecule has 0 saturated heterocycles. The Morgan fingerprint density at radius 3 is 2.84 bits per heavy atom. The van der Waals surface area contributed by atoms with Gasteiger partial charge in [0.25, 0.3) is 0 Å². The van der Waals surface area contributed by atoms with Gasteiger partial charge in [-0.2, -0.15) is 0 Å². The Bertz CT molecular complexity index is 454. The summed E-state index contributed by atoms with van der Waals surface area (Å²) in [6.07, 6.45) is 3.99. The zero-order chi connectivity index (χ0) is 14.0. The SMILES string of the molecule is COC1(C(N)c2ccc(Cl)cc2F)CCCC(C)C1. The van der Waals surface area contributed by atoms with Crippen LogP contribution in [-0.4, -0.2) is 12.7 Å². The molecule has 1 aliphatic rings. The van der Waals surface area contributed by atoms with E-state index in [-0.39, 0.29) is 5.82 Å². The van der Waals surface area contributed by atoms with Crippen LogP contribution in [0.15, 0.2) is 18.2 Å². The molecule has 1 saturated carbocycles. The fourth-order valence-corrected chi connectivity index (χ4v) is 3.33. The Labute approximate surface area is 119 Å². The lowest BCUT2D eigenvalue weighted by Crippen LogP contribution is -2.46. The van der Waals surface area contributed by atoms with Gasteiger partial charge in [-0.1, -0.05) is 37.4 Å². The van der Waals surface area contributed by atoms with Crippen molar-refractivity contribution in [3.8, 4) is 0 Å². The molecular formula is C15H21ClFNO. The van der Waals surface area contributed by atoms with Crippen LogP contribution in [0.1, 0.15) is 44.2 Å². The maximum absolute atomic E-state index is 14.0. The third kappa shape index (κ3) is 2.93. The molecule has 0 aliphatic heterocycles. The molecule has 0 heterocycles. The monoisotopic (exact) mass is 285 g/mol. The fourth-order valence-electron chi connectivity index (χ4n) is 3.18. The zero-order valence-corrected chi connectivity index (χ0v) is 12.2. The molecule has 0 aromatic heterocycles. The lowest BCUT2D eigenvalue weighted by molar-refractivity contribution is -0.0724. The van der Waals surface area contributed by atoms with Crippen LogP contribution in [0, 0.1) is 11.7 Å². The predicted octanol–water partition coefficient (Wildman–Crippen LogP) is 4.07. The van der Waals surface area contributed by atoms with E-state index >= 15 is 0 Å². The minimum Gasteiger partial charge on any atom is -0.376 e. The maximum Gasteiger partial charge on any atom is 0.129 e. The first-order valence-corrected chi connectivity index (χ1v) is 7.12. The van der Waals surface area contributed by atoms with E-state index in [4.69, 9.17) is 22.1 Å². The molecule has 1 aliphatic carbocycles. The first-order valence-electron chi connectivity index (χ1n) is 6.74. The summed E-state index contributed by atoms with van der Waals surface area (Å²) >= 11 is 5.79. The van der Waals surface area contributed by atoms with Crippen LogP contribution in [0.5, 0.6) is 0 Å². The van der Waals surface area contributed by atoms with Crippen molar-refractivity contribution in [1.29, 1.82) is 0 Å². The molecule has 0 radical (unpaired) electrons. The minimum atomic E-state index is -0.466. The molecule has 1 aromatic carbocycles. The van der Waals surface area contributed by atoms with Crippen LogP contribution in [-0.2, 0) is 4.74 Å². The summed E-state index contributed by atoms with van der Waals surface area (Å²) in [5.74, 6) is 0.199. The molecule has 1 fully saturated rings. The molecule has 2 nitrogen and oxygen atoms in total. The van der Waals surface area contributed by atoms with E-state index in [1.165, 1.54) is 12.5 Å². The Morgan fingerprint density at radius 1 is 1.53 bits per heavy atom. The number of nitrogens with two attached hydrogens (primary N) is 1. The third-order valence-corrected chi connectivity index (χ3v) is 4.50. The molecule has 3 atom stereocenters. The standard InChI is InChI=1S/C15H21ClFNO/c1-10-4-3-7-15(9-10,19-2)14(18)12-6-5-11(16)8-13(12)17/h5-6,8,10,14H,3-4,7,9,18H2,1-2H3. The van der Waals surface area contributed by atoms with Gasteiger partial charge < -0.3 is 10.5 Å². The number of ether oxygens (including phenoxy) is 1. The van der Waals surface area contributed by atoms with Gasteiger partial charge >= 0.3 is 0 Å². The highest BCUT2D eigenvalue weighted by Gasteiger charge is 2.42. The highest BCUT2D eigenvalue weighted by atomic mass is 35.5. The van der Waals surface area contributed by atoms with Gasteiger partial charge in [0.15, 0.2) is 0 Å². The first-order chi connectivity index (χ1) is 8.98. The lowest BCUT2D eigenvalue weighted by atomic mass is 9.73. The molecule has 2 rings (SSSR count). The van der Waals surface area contributed by atoms with E-state index in [2.05, 4.69) is 6.92 Å². The summed E-state index contributed by atoms with van der Waals surface area (Å²) in [6, 6.07) is 4.20. The van der Waals surface area contributed by atoms with Crippen molar-refractivity contribution in [2.75, 3.05) is 7.11 Å². The second kappa shape index (κ2) is 5.78. The van der Waals surface area contributed by atoms with Crippen LogP contribution < -0.4 is 5.73 Å². The Balaban J connectivity index is 2.32. The smallest absolute Gasteiger partial charge is 0.129 e. The molecule has 3 unspecified atom stereocenters. The molecule has 2 N–H and O–H groups in total. The van der Waals surface area contributed by atoms with Crippen molar-refractivity contribution in [3.63, 3.8) is 0 Å². The van der Waals surface area contributed by atoms with Crippen LogP contribution in [0.4, 0.5) is 4.39 Å². The van der Waals surface area contributed by atoms with Gasteiger partial charge in [-0.05, 0) is 30.9 Å². The number of hydrogen-bond acceptors (Lipinski definition) is 2. The van der Waals surface area contributed by atoms with E-state index in [1.54, 1.807) is 19.2 Å². The van der Waals surface area contributed by atoms with Crippen molar-refractivity contribution < 1.29 is 9.13 Å². The van der Waals surface area contributed by atoms with Crippen molar-refractivity contribution in [1.82, 2.24) is 0 Å². The second-order valence-electron chi connectivity index (χ2n) is 5.61. The van der Waals surface area contributed by atoms with Crippen LogP contribution in [0.3, 0.4) is 0 Å². The van der Waals surface area contributed by atoms with Crippen molar-refractivity contribution >= 4 is 11.6 Å². The maximum atomic E-state index is 14.0. The van der Waals surface area contributed by atoms with E-state index in [0.29, 0.717) is 16.5 Å². The summed E-state index contributed by atoms with van der Waals surface area (Å²) in [7, 11) is 1.67. The van der Waals surface area contributed by atoms with Crippen molar-refractivity contribution in [3.05, 3.63) is 34.6 Å². The van der Waals surface area contributed by atoms with Gasteiger partial charge in [-0.15, -0.1) is 0 Å². The van der Waals surface area contributed by atoms with Crippen LogP contribution >= 0.6 is 11.6 Å². The summed E-state index contributed by atoms with van der Waals surface area (Å²) in [5.41, 5.74) is 6.34. The van der Waals surface area contributed by atoms with Crippen molar-refractivity contribution in [2.45, 2.75) is 44.2 Å². The average Bonchev–Trinajstić information content (AvgIpc) is 2.38. The molecule has 4 heteroatoms. The normalized spacial score (nSPS) is 29.2. The Hall–Kier alpha value is -0.640. The summed E-state index contributed by atoms with van der Waals surface area (Å²) < 4.78 is 19.8. The summed E-state index contributed by atoms with van der Waals surface area (Å²) in [5, 5.41) is 0.386. The summed E-state index contributed by atoms with van der Waals surface area (Å²) in [6.45, 7) is 2.19. The van der Waals surface area contributed by atoms with Gasteiger partial charge in [0.2, 0.25) is 0 Å². The number of benzene rings is 1. The third-order valence-electron chi connectivity index (χ3n) is 4.26. The minimum absolute atomic E-state index is 0.352. The Kier molecular flexibility index (Phi) is 4.49. The molecular weight excluding hydrogens is 265 g/mol. The van der Waals surface area contributed by atoms with Gasteiger partial charge in [0, 0.05) is 17.7 Å². The molecule has 19 heavy (non-hydrogen) atoms. The van der Waals surface area contributed by atoms with Gasteiger partial charge in [-0.25, -0.2) is 4.39 Å². The predicted molar refractivity (Wildman–Crippen MR) is 75.7 cm³/mol. The topological polar surface area (TPSA) is 35.2 Å². The van der Waals surface area contributed by atoms with E-state index in [0.717, 1.165) is 19.3 Å². The van der Waals surface area contributed by atoms with E-state index in [1.807, 2.05) is 0 Å². The quantitative estimate of drug-likeness (QED) is 0.908. The largest absolute Gasteiger partial charge is 0.376 e. The highest BCUT2D eigenvalue weighted by Crippen LogP contribution is 2.42. The second-order valence-corrected chi connectivity index (χ2v) is 6.05. The molecule has 0 spiro atoms. The number of methoxy groups -OCH3 is 1. The number of halogens is 2. The number of rotatable bonds is 3. The fraction of sp³-hybridized carbons (Fsp3) is 0.600. The van der Waals surface area contributed by atoms with E-state index in [9.17, 15) is 4.39 Å². The average molecular weight is 286 g/mol. The Morgan fingerprint density at radius 2 is 2.26 bits per heavy atom. The number of hydrogen-bond donors (Lipinski definition) is 1. The molecule has 106 valence electrons. The van der Waals surface area contributed by atoms with E-state index < -0.39 is 11.6 Å². The zero-order valence-electron chi connectivity index (χ0n) is 11.5. The van der Waals surface area contributed by atoms with Gasteiger partial charge in [0.1, 0.15) is 5.82 Å². The van der Waals surface area contributed by atoms with Gasteiger partial charge in [0.05, 0.1) is 11.6 Å². The lowest BCUT2D eigenvalue weighted by Gasteiger charge is -2.43. The molecule has 1 aromatic rings. The van der Waals surface area contributed by atoms with Gasteiger partial charge in [-0.3, -0.25) is 0 Å². The first kappa shape index (κ1) is 14.8. The molecule has 0 bridgehead atoms. The molecule has 0 amide bonds. The summed E-state index contributed by atoms with van der Waals surface area (Å²) in [4.78, 5) is 0.